The Labute approximate surface area is 137 Å². The quantitative estimate of drug-likeness (QED) is 0.896. The van der Waals surface area contributed by atoms with Crippen molar-refractivity contribution in [2.24, 2.45) is 5.73 Å². The van der Waals surface area contributed by atoms with E-state index in [1.54, 1.807) is 0 Å². The SMILES string of the molecule is CC(C)c1ncncc1C(=O)Nc1cc(CN)cc(C(F)(F)F)c1. The highest BCUT2D eigenvalue weighted by Crippen LogP contribution is 2.32. The molecule has 2 aromatic rings. The number of anilines is 1. The minimum absolute atomic E-state index is 0.0221. The van der Waals surface area contributed by atoms with Crippen molar-refractivity contribution >= 4 is 11.6 Å². The largest absolute Gasteiger partial charge is 0.416 e. The lowest BCUT2D eigenvalue weighted by molar-refractivity contribution is -0.137. The monoisotopic (exact) mass is 338 g/mol. The zero-order valence-electron chi connectivity index (χ0n) is 13.2. The van der Waals surface area contributed by atoms with Gasteiger partial charge in [-0.3, -0.25) is 4.79 Å². The summed E-state index contributed by atoms with van der Waals surface area (Å²) in [5, 5.41) is 2.47. The van der Waals surface area contributed by atoms with Crippen LogP contribution in [0.5, 0.6) is 0 Å². The van der Waals surface area contributed by atoms with Crippen LogP contribution in [-0.4, -0.2) is 15.9 Å². The van der Waals surface area contributed by atoms with Crippen LogP contribution >= 0.6 is 0 Å². The number of carbonyl (C=O) groups is 1. The highest BCUT2D eigenvalue weighted by Gasteiger charge is 2.31. The first-order valence-electron chi connectivity index (χ1n) is 7.25. The maximum absolute atomic E-state index is 12.9. The van der Waals surface area contributed by atoms with Crippen molar-refractivity contribution in [1.82, 2.24) is 9.97 Å². The number of hydrogen-bond acceptors (Lipinski definition) is 4. The van der Waals surface area contributed by atoms with Gasteiger partial charge in [0.25, 0.3) is 5.91 Å². The molecule has 128 valence electrons. The predicted octanol–water partition coefficient (Wildman–Crippen LogP) is 3.33. The standard InChI is InChI=1S/C16H17F3N4O/c1-9(2)14-13(7-21-8-22-14)15(24)23-12-4-10(6-20)3-11(5-12)16(17,18)19/h3-5,7-9H,6,20H2,1-2H3,(H,23,24). The molecule has 0 radical (unpaired) electrons. The van der Waals surface area contributed by atoms with E-state index in [-0.39, 0.29) is 29.3 Å². The minimum Gasteiger partial charge on any atom is -0.326 e. The molecule has 24 heavy (non-hydrogen) atoms. The fraction of sp³-hybridized carbons (Fsp3) is 0.312. The van der Waals surface area contributed by atoms with Gasteiger partial charge in [-0.1, -0.05) is 13.8 Å². The van der Waals surface area contributed by atoms with E-state index in [1.807, 2.05) is 13.8 Å². The summed E-state index contributed by atoms with van der Waals surface area (Å²) < 4.78 is 38.8. The van der Waals surface area contributed by atoms with Gasteiger partial charge in [0, 0.05) is 18.4 Å². The summed E-state index contributed by atoms with van der Waals surface area (Å²) in [6, 6.07) is 3.24. The van der Waals surface area contributed by atoms with Crippen molar-refractivity contribution in [3.63, 3.8) is 0 Å². The Hall–Kier alpha value is -2.48. The lowest BCUT2D eigenvalue weighted by Crippen LogP contribution is -2.17. The highest BCUT2D eigenvalue weighted by molar-refractivity contribution is 6.05. The number of halogens is 3. The van der Waals surface area contributed by atoms with Crippen LogP contribution in [-0.2, 0) is 12.7 Å². The van der Waals surface area contributed by atoms with E-state index < -0.39 is 17.6 Å². The van der Waals surface area contributed by atoms with Gasteiger partial charge in [0.05, 0.1) is 16.8 Å². The zero-order chi connectivity index (χ0) is 17.9. The predicted molar refractivity (Wildman–Crippen MR) is 83.4 cm³/mol. The maximum atomic E-state index is 12.9. The van der Waals surface area contributed by atoms with Gasteiger partial charge in [-0.25, -0.2) is 9.97 Å². The van der Waals surface area contributed by atoms with Crippen molar-refractivity contribution < 1.29 is 18.0 Å². The Morgan fingerprint density at radius 2 is 2.00 bits per heavy atom. The number of nitrogens with two attached hydrogens (primary N) is 1. The Morgan fingerprint density at radius 1 is 1.29 bits per heavy atom. The first-order valence-corrected chi connectivity index (χ1v) is 7.25. The van der Waals surface area contributed by atoms with Gasteiger partial charge in [-0.2, -0.15) is 13.2 Å². The van der Waals surface area contributed by atoms with Crippen molar-refractivity contribution in [1.29, 1.82) is 0 Å². The number of hydrogen-bond donors (Lipinski definition) is 2. The number of alkyl halides is 3. The molecular formula is C16H17F3N4O. The van der Waals surface area contributed by atoms with Crippen LogP contribution in [0.15, 0.2) is 30.7 Å². The molecule has 5 nitrogen and oxygen atoms in total. The number of nitrogens with zero attached hydrogens (tertiary/aromatic N) is 2. The Balaban J connectivity index is 2.36. The molecule has 2 rings (SSSR count). The van der Waals surface area contributed by atoms with Crippen LogP contribution in [0.2, 0.25) is 0 Å². The van der Waals surface area contributed by atoms with E-state index in [4.69, 9.17) is 5.73 Å². The van der Waals surface area contributed by atoms with Crippen LogP contribution in [0.1, 0.15) is 46.9 Å². The number of benzene rings is 1. The van der Waals surface area contributed by atoms with E-state index in [0.717, 1.165) is 12.1 Å². The van der Waals surface area contributed by atoms with Gasteiger partial charge in [0.15, 0.2) is 0 Å². The fourth-order valence-corrected chi connectivity index (χ4v) is 2.22. The van der Waals surface area contributed by atoms with Crippen LogP contribution in [0.3, 0.4) is 0 Å². The molecule has 0 aliphatic carbocycles. The first kappa shape index (κ1) is 17.9. The fourth-order valence-electron chi connectivity index (χ4n) is 2.22. The molecule has 3 N–H and O–H groups in total. The van der Waals surface area contributed by atoms with Gasteiger partial charge in [0.2, 0.25) is 0 Å². The number of rotatable bonds is 4. The van der Waals surface area contributed by atoms with Crippen molar-refractivity contribution in [2.75, 3.05) is 5.32 Å². The molecular weight excluding hydrogens is 321 g/mol. The lowest BCUT2D eigenvalue weighted by Gasteiger charge is -2.14. The highest BCUT2D eigenvalue weighted by atomic mass is 19.4. The summed E-state index contributed by atoms with van der Waals surface area (Å²) in [6.07, 6.45) is -1.86. The summed E-state index contributed by atoms with van der Waals surface area (Å²) in [5.74, 6) is -0.601. The Morgan fingerprint density at radius 3 is 2.58 bits per heavy atom. The smallest absolute Gasteiger partial charge is 0.326 e. The van der Waals surface area contributed by atoms with Gasteiger partial charge >= 0.3 is 6.18 Å². The molecule has 1 amide bonds. The van der Waals surface area contributed by atoms with Gasteiger partial charge in [-0.15, -0.1) is 0 Å². The molecule has 0 aliphatic rings. The average Bonchev–Trinajstić information content (AvgIpc) is 2.53. The van der Waals surface area contributed by atoms with Gasteiger partial charge in [-0.05, 0) is 29.7 Å². The summed E-state index contributed by atoms with van der Waals surface area (Å²) in [4.78, 5) is 20.3. The second-order valence-electron chi connectivity index (χ2n) is 5.55. The van der Waals surface area contributed by atoms with E-state index in [9.17, 15) is 18.0 Å². The first-order chi connectivity index (χ1) is 11.2. The summed E-state index contributed by atoms with van der Waals surface area (Å²) in [7, 11) is 0. The van der Waals surface area contributed by atoms with E-state index >= 15 is 0 Å². The second-order valence-corrected chi connectivity index (χ2v) is 5.55. The molecule has 0 aliphatic heterocycles. The molecule has 0 saturated carbocycles. The summed E-state index contributed by atoms with van der Waals surface area (Å²) in [6.45, 7) is 3.64. The molecule has 0 atom stereocenters. The normalized spacial score (nSPS) is 11.6. The third-order valence-electron chi connectivity index (χ3n) is 3.35. The number of carbonyl (C=O) groups excluding carboxylic acids is 1. The van der Waals surface area contributed by atoms with Crippen molar-refractivity contribution in [3.8, 4) is 0 Å². The molecule has 0 fully saturated rings. The Bertz CT molecular complexity index is 744. The van der Waals surface area contributed by atoms with Gasteiger partial charge < -0.3 is 11.1 Å². The molecule has 0 unspecified atom stereocenters. The van der Waals surface area contributed by atoms with E-state index in [0.29, 0.717) is 5.69 Å². The van der Waals surface area contributed by atoms with Crippen LogP contribution in [0.25, 0.3) is 0 Å². The van der Waals surface area contributed by atoms with Crippen LogP contribution < -0.4 is 11.1 Å². The third-order valence-corrected chi connectivity index (χ3v) is 3.35. The van der Waals surface area contributed by atoms with Gasteiger partial charge in [0.1, 0.15) is 6.33 Å². The zero-order valence-corrected chi connectivity index (χ0v) is 13.2. The molecule has 0 saturated heterocycles. The Kier molecular flexibility index (Phi) is 5.18. The van der Waals surface area contributed by atoms with Crippen LogP contribution in [0, 0.1) is 0 Å². The second kappa shape index (κ2) is 6.96. The molecule has 0 spiro atoms. The van der Waals surface area contributed by atoms with Crippen molar-refractivity contribution in [3.05, 3.63) is 53.1 Å². The molecule has 0 bridgehead atoms. The molecule has 1 heterocycles. The topological polar surface area (TPSA) is 80.9 Å². The minimum atomic E-state index is -4.52. The third kappa shape index (κ3) is 4.08. The molecule has 1 aromatic heterocycles. The van der Waals surface area contributed by atoms with E-state index in [1.165, 1.54) is 18.6 Å². The lowest BCUT2D eigenvalue weighted by atomic mass is 10.0. The maximum Gasteiger partial charge on any atom is 0.416 e. The number of aromatic nitrogens is 2. The number of nitrogens with one attached hydrogen (secondary N) is 1. The average molecular weight is 338 g/mol. The number of amides is 1. The van der Waals surface area contributed by atoms with Crippen LogP contribution in [0.4, 0.5) is 18.9 Å². The summed E-state index contributed by atoms with van der Waals surface area (Å²) in [5.41, 5.74) is 5.61. The molecule has 1 aromatic carbocycles. The summed E-state index contributed by atoms with van der Waals surface area (Å²) >= 11 is 0. The molecule has 8 heteroatoms. The van der Waals surface area contributed by atoms with E-state index in [2.05, 4.69) is 15.3 Å². The van der Waals surface area contributed by atoms with Crippen molar-refractivity contribution in [2.45, 2.75) is 32.5 Å².